The molecule has 0 saturated carbocycles. The second-order valence-electron chi connectivity index (χ2n) is 5.07. The lowest BCUT2D eigenvalue weighted by Crippen LogP contribution is -2.22. The average Bonchev–Trinajstić information content (AvgIpc) is 2.54. The summed E-state index contributed by atoms with van der Waals surface area (Å²) >= 11 is 13.3. The van der Waals surface area contributed by atoms with Gasteiger partial charge in [-0.2, -0.15) is 5.26 Å². The molecule has 0 N–H and O–H groups in total. The van der Waals surface area contributed by atoms with Gasteiger partial charge in [-0.15, -0.1) is 0 Å². The van der Waals surface area contributed by atoms with E-state index in [1.54, 1.807) is 49.4 Å². The molecule has 0 spiro atoms. The monoisotopic (exact) mass is 375 g/mol. The standard InChI is InChI=1S/C17H11Cl2N3OS/c1-10(9-20)24-17-21-15-8-12(19)5-6-14(15)16(23)22(17)13-4-2-3-11(18)7-13/h2-8,10H,1H3. The van der Waals surface area contributed by atoms with Crippen molar-refractivity contribution >= 4 is 45.9 Å². The highest BCUT2D eigenvalue weighted by Crippen LogP contribution is 2.26. The topological polar surface area (TPSA) is 58.7 Å². The molecule has 0 fully saturated rings. The van der Waals surface area contributed by atoms with Gasteiger partial charge < -0.3 is 0 Å². The minimum Gasteiger partial charge on any atom is -0.268 e. The SMILES string of the molecule is CC(C#N)Sc1nc2cc(Cl)ccc2c(=O)n1-c1cccc(Cl)c1. The van der Waals surface area contributed by atoms with Crippen molar-refractivity contribution in [1.29, 1.82) is 5.26 Å². The van der Waals surface area contributed by atoms with Crippen LogP contribution in [0.4, 0.5) is 0 Å². The lowest BCUT2D eigenvalue weighted by Gasteiger charge is -2.14. The first-order valence-electron chi connectivity index (χ1n) is 7.04. The molecule has 24 heavy (non-hydrogen) atoms. The van der Waals surface area contributed by atoms with Gasteiger partial charge in [0.15, 0.2) is 5.16 Å². The van der Waals surface area contributed by atoms with Crippen LogP contribution >= 0.6 is 35.0 Å². The van der Waals surface area contributed by atoms with Crippen molar-refractivity contribution in [3.05, 3.63) is 62.9 Å². The van der Waals surface area contributed by atoms with E-state index in [0.29, 0.717) is 31.8 Å². The van der Waals surface area contributed by atoms with E-state index in [1.165, 1.54) is 16.3 Å². The zero-order valence-corrected chi connectivity index (χ0v) is 14.9. The molecule has 4 nitrogen and oxygen atoms in total. The van der Waals surface area contributed by atoms with Crippen molar-refractivity contribution in [3.63, 3.8) is 0 Å². The molecular weight excluding hydrogens is 365 g/mol. The highest BCUT2D eigenvalue weighted by molar-refractivity contribution is 8.00. The molecule has 0 radical (unpaired) electrons. The molecule has 0 aliphatic heterocycles. The van der Waals surface area contributed by atoms with Gasteiger partial charge in [0, 0.05) is 10.0 Å². The summed E-state index contributed by atoms with van der Waals surface area (Å²) in [7, 11) is 0. The summed E-state index contributed by atoms with van der Waals surface area (Å²) in [6, 6.07) is 14.0. The summed E-state index contributed by atoms with van der Waals surface area (Å²) in [6.07, 6.45) is 0. The van der Waals surface area contributed by atoms with Gasteiger partial charge in [-0.25, -0.2) is 4.98 Å². The molecule has 120 valence electrons. The van der Waals surface area contributed by atoms with Gasteiger partial charge >= 0.3 is 0 Å². The summed E-state index contributed by atoms with van der Waals surface area (Å²) in [5.41, 5.74) is 0.870. The Balaban J connectivity index is 2.34. The Labute approximate surface area is 152 Å². The smallest absolute Gasteiger partial charge is 0.266 e. The van der Waals surface area contributed by atoms with Gasteiger partial charge in [-0.05, 0) is 43.3 Å². The number of benzene rings is 2. The highest BCUT2D eigenvalue weighted by Gasteiger charge is 2.16. The van der Waals surface area contributed by atoms with Gasteiger partial charge in [-0.1, -0.05) is 41.0 Å². The Morgan fingerprint density at radius 1 is 1.21 bits per heavy atom. The van der Waals surface area contributed by atoms with Crippen molar-refractivity contribution in [2.24, 2.45) is 0 Å². The van der Waals surface area contributed by atoms with Crippen LogP contribution in [0.25, 0.3) is 16.6 Å². The van der Waals surface area contributed by atoms with E-state index >= 15 is 0 Å². The summed E-state index contributed by atoms with van der Waals surface area (Å²) in [5, 5.41) is 10.6. The lowest BCUT2D eigenvalue weighted by atomic mass is 10.2. The van der Waals surface area contributed by atoms with Crippen molar-refractivity contribution < 1.29 is 0 Å². The van der Waals surface area contributed by atoms with Crippen LogP contribution in [0, 0.1) is 11.3 Å². The molecule has 0 saturated heterocycles. The molecular formula is C17H11Cl2N3OS. The molecule has 0 amide bonds. The van der Waals surface area contributed by atoms with Crippen molar-refractivity contribution in [3.8, 4) is 11.8 Å². The Hall–Kier alpha value is -2.00. The number of nitrogens with zero attached hydrogens (tertiary/aromatic N) is 3. The number of rotatable bonds is 3. The zero-order valence-electron chi connectivity index (χ0n) is 12.5. The van der Waals surface area contributed by atoms with E-state index in [1.807, 2.05) is 0 Å². The zero-order chi connectivity index (χ0) is 17.3. The van der Waals surface area contributed by atoms with Crippen LogP contribution in [0.2, 0.25) is 10.0 Å². The molecule has 3 rings (SSSR count). The fourth-order valence-corrected chi connectivity index (χ4v) is 3.41. The summed E-state index contributed by atoms with van der Waals surface area (Å²) in [5.74, 6) is 0. The van der Waals surface area contributed by atoms with E-state index in [4.69, 9.17) is 28.5 Å². The van der Waals surface area contributed by atoms with Crippen LogP contribution in [0.5, 0.6) is 0 Å². The maximum absolute atomic E-state index is 13.0. The van der Waals surface area contributed by atoms with E-state index < -0.39 is 0 Å². The van der Waals surface area contributed by atoms with Gasteiger partial charge in [-0.3, -0.25) is 9.36 Å². The van der Waals surface area contributed by atoms with Gasteiger partial charge in [0.1, 0.15) is 0 Å². The average molecular weight is 376 g/mol. The van der Waals surface area contributed by atoms with Crippen LogP contribution in [0.1, 0.15) is 6.92 Å². The summed E-state index contributed by atoms with van der Waals surface area (Å²) < 4.78 is 1.47. The molecule has 1 atom stereocenters. The van der Waals surface area contributed by atoms with Gasteiger partial charge in [0.25, 0.3) is 5.56 Å². The van der Waals surface area contributed by atoms with Crippen LogP contribution in [-0.4, -0.2) is 14.8 Å². The van der Waals surface area contributed by atoms with Crippen LogP contribution in [0.3, 0.4) is 0 Å². The quantitative estimate of drug-likeness (QED) is 0.491. The third-order valence-corrected chi connectivity index (χ3v) is 4.74. The van der Waals surface area contributed by atoms with Crippen LogP contribution < -0.4 is 5.56 Å². The van der Waals surface area contributed by atoms with Crippen LogP contribution in [0.15, 0.2) is 52.4 Å². The van der Waals surface area contributed by atoms with Crippen molar-refractivity contribution in [2.45, 2.75) is 17.3 Å². The lowest BCUT2D eigenvalue weighted by molar-refractivity contribution is 0.818. The Bertz CT molecular complexity index is 1030. The largest absolute Gasteiger partial charge is 0.268 e. The first-order chi connectivity index (χ1) is 11.5. The number of halogens is 2. The van der Waals surface area contributed by atoms with E-state index in [-0.39, 0.29) is 10.8 Å². The second-order valence-corrected chi connectivity index (χ2v) is 7.25. The van der Waals surface area contributed by atoms with Gasteiger partial charge in [0.2, 0.25) is 0 Å². The molecule has 1 unspecified atom stereocenters. The van der Waals surface area contributed by atoms with Crippen LogP contribution in [-0.2, 0) is 0 Å². The first kappa shape index (κ1) is 16.8. The Morgan fingerprint density at radius 2 is 1.96 bits per heavy atom. The molecule has 0 bridgehead atoms. The summed E-state index contributed by atoms with van der Waals surface area (Å²) in [4.78, 5) is 17.5. The fourth-order valence-electron chi connectivity index (χ4n) is 2.24. The molecule has 7 heteroatoms. The molecule has 2 aromatic carbocycles. The van der Waals surface area contributed by atoms with Crippen molar-refractivity contribution in [1.82, 2.24) is 9.55 Å². The number of hydrogen-bond acceptors (Lipinski definition) is 4. The molecule has 0 aliphatic rings. The maximum Gasteiger partial charge on any atom is 0.266 e. The first-order valence-corrected chi connectivity index (χ1v) is 8.67. The van der Waals surface area contributed by atoms with E-state index in [2.05, 4.69) is 11.1 Å². The Kier molecular flexibility index (Phi) is 4.81. The number of fused-ring (bicyclic) bond motifs is 1. The van der Waals surface area contributed by atoms with Gasteiger partial charge in [0.05, 0.1) is 27.9 Å². The molecule has 0 aliphatic carbocycles. The minimum absolute atomic E-state index is 0.230. The third kappa shape index (κ3) is 3.27. The maximum atomic E-state index is 13.0. The predicted octanol–water partition coefficient (Wildman–Crippen LogP) is 4.70. The fraction of sp³-hybridized carbons (Fsp3) is 0.118. The summed E-state index contributed by atoms with van der Waals surface area (Å²) in [6.45, 7) is 1.75. The van der Waals surface area contributed by atoms with E-state index in [9.17, 15) is 4.79 Å². The molecule has 3 aromatic rings. The number of hydrogen-bond donors (Lipinski definition) is 0. The molecule has 1 heterocycles. The van der Waals surface area contributed by atoms with Crippen molar-refractivity contribution in [2.75, 3.05) is 0 Å². The highest BCUT2D eigenvalue weighted by atomic mass is 35.5. The Morgan fingerprint density at radius 3 is 2.67 bits per heavy atom. The minimum atomic E-state index is -0.362. The van der Waals surface area contributed by atoms with E-state index in [0.717, 1.165) is 0 Å². The number of thioether (sulfide) groups is 1. The second kappa shape index (κ2) is 6.86. The normalized spacial score (nSPS) is 12.1. The number of aromatic nitrogens is 2. The predicted molar refractivity (Wildman–Crippen MR) is 98.3 cm³/mol. The third-order valence-electron chi connectivity index (χ3n) is 3.33. The number of nitriles is 1. The molecule has 1 aromatic heterocycles.